The van der Waals surface area contributed by atoms with Gasteiger partial charge in [-0.15, -0.1) is 0 Å². The molecule has 0 aliphatic carbocycles. The van der Waals surface area contributed by atoms with E-state index in [0.717, 1.165) is 0 Å². The summed E-state index contributed by atoms with van der Waals surface area (Å²) in [6, 6.07) is 3.03. The predicted octanol–water partition coefficient (Wildman–Crippen LogP) is 0.829. The van der Waals surface area contributed by atoms with Crippen molar-refractivity contribution >= 4 is 11.4 Å². The average molecular weight is 206 g/mol. The van der Waals surface area contributed by atoms with E-state index in [1.807, 2.05) is 0 Å². The van der Waals surface area contributed by atoms with Crippen molar-refractivity contribution < 1.29 is 10.0 Å². The molecule has 0 fully saturated rings. The number of nitro benzene ring substituents is 1. The highest BCUT2D eigenvalue weighted by Crippen LogP contribution is 2.26. The molecule has 0 atom stereocenters. The van der Waals surface area contributed by atoms with Crippen LogP contribution in [0.25, 0.3) is 0 Å². The van der Waals surface area contributed by atoms with Crippen LogP contribution in [0.4, 0.5) is 11.4 Å². The SMILES string of the molecule is Cc1cc(C#CCO)c(N)c([N+](=O)[O-])c1. The molecule has 0 unspecified atom stereocenters. The molecule has 0 saturated heterocycles. The second-order valence-corrected chi connectivity index (χ2v) is 2.96. The van der Waals surface area contributed by atoms with Gasteiger partial charge in [0.1, 0.15) is 12.3 Å². The van der Waals surface area contributed by atoms with Gasteiger partial charge in [-0.05, 0) is 18.6 Å². The summed E-state index contributed by atoms with van der Waals surface area (Å²) in [5.41, 5.74) is 6.52. The fourth-order valence-electron chi connectivity index (χ4n) is 1.17. The molecule has 0 aromatic heterocycles. The lowest BCUT2D eigenvalue weighted by Gasteiger charge is -2.01. The highest BCUT2D eigenvalue weighted by atomic mass is 16.6. The fourth-order valence-corrected chi connectivity index (χ4v) is 1.17. The van der Waals surface area contributed by atoms with E-state index in [2.05, 4.69) is 11.8 Å². The monoisotopic (exact) mass is 206 g/mol. The third kappa shape index (κ3) is 2.45. The molecule has 0 amide bonds. The first-order chi connectivity index (χ1) is 7.06. The summed E-state index contributed by atoms with van der Waals surface area (Å²) in [7, 11) is 0. The van der Waals surface area contributed by atoms with Gasteiger partial charge in [0.2, 0.25) is 0 Å². The Balaban J connectivity index is 3.34. The molecule has 0 aliphatic heterocycles. The number of aryl methyl sites for hydroxylation is 1. The number of anilines is 1. The van der Waals surface area contributed by atoms with Gasteiger partial charge < -0.3 is 10.8 Å². The zero-order chi connectivity index (χ0) is 11.4. The summed E-state index contributed by atoms with van der Waals surface area (Å²) in [6.45, 7) is 1.41. The number of aliphatic hydroxyl groups is 1. The number of nitrogen functional groups attached to an aromatic ring is 1. The molecule has 0 aliphatic rings. The van der Waals surface area contributed by atoms with Crippen LogP contribution in [0.1, 0.15) is 11.1 Å². The van der Waals surface area contributed by atoms with Gasteiger partial charge in [0.05, 0.1) is 10.5 Å². The maximum Gasteiger partial charge on any atom is 0.293 e. The lowest BCUT2D eigenvalue weighted by molar-refractivity contribution is -0.383. The van der Waals surface area contributed by atoms with Crippen molar-refractivity contribution in [2.24, 2.45) is 0 Å². The molecule has 5 heteroatoms. The number of hydrogen-bond acceptors (Lipinski definition) is 4. The lowest BCUT2D eigenvalue weighted by atomic mass is 10.1. The van der Waals surface area contributed by atoms with E-state index in [4.69, 9.17) is 10.8 Å². The second kappa shape index (κ2) is 4.44. The van der Waals surface area contributed by atoms with Crippen molar-refractivity contribution in [2.75, 3.05) is 12.3 Å². The third-order valence-corrected chi connectivity index (χ3v) is 1.80. The van der Waals surface area contributed by atoms with Gasteiger partial charge in [0.25, 0.3) is 5.69 Å². The van der Waals surface area contributed by atoms with Crippen LogP contribution in [0.3, 0.4) is 0 Å². The minimum absolute atomic E-state index is 0.0338. The van der Waals surface area contributed by atoms with Crippen LogP contribution in [-0.2, 0) is 0 Å². The van der Waals surface area contributed by atoms with Crippen LogP contribution in [0.5, 0.6) is 0 Å². The molecule has 78 valence electrons. The van der Waals surface area contributed by atoms with Crippen LogP contribution in [0, 0.1) is 28.9 Å². The van der Waals surface area contributed by atoms with Crippen molar-refractivity contribution in [3.8, 4) is 11.8 Å². The molecule has 5 nitrogen and oxygen atoms in total. The van der Waals surface area contributed by atoms with Crippen molar-refractivity contribution in [1.29, 1.82) is 0 Å². The Bertz CT molecular complexity index is 458. The van der Waals surface area contributed by atoms with E-state index in [1.165, 1.54) is 6.07 Å². The van der Waals surface area contributed by atoms with E-state index >= 15 is 0 Å². The number of rotatable bonds is 1. The van der Waals surface area contributed by atoms with Gasteiger partial charge in [0, 0.05) is 6.07 Å². The number of nitrogens with two attached hydrogens (primary N) is 1. The minimum atomic E-state index is -0.549. The van der Waals surface area contributed by atoms with Crippen molar-refractivity contribution in [3.63, 3.8) is 0 Å². The molecule has 0 saturated carbocycles. The standard InChI is InChI=1S/C10H10N2O3/c1-7-5-8(3-2-4-13)10(11)9(6-7)12(14)15/h5-6,13H,4,11H2,1H3. The van der Waals surface area contributed by atoms with E-state index in [-0.39, 0.29) is 18.0 Å². The summed E-state index contributed by atoms with van der Waals surface area (Å²) in [5, 5.41) is 19.1. The Kier molecular flexibility index (Phi) is 3.26. The van der Waals surface area contributed by atoms with E-state index < -0.39 is 4.92 Å². The third-order valence-electron chi connectivity index (χ3n) is 1.80. The van der Waals surface area contributed by atoms with Crippen molar-refractivity contribution in [2.45, 2.75) is 6.92 Å². The summed E-state index contributed by atoms with van der Waals surface area (Å²) in [5.74, 6) is 4.97. The highest BCUT2D eigenvalue weighted by molar-refractivity contribution is 5.69. The number of nitrogens with zero attached hydrogens (tertiary/aromatic N) is 1. The van der Waals surface area contributed by atoms with Crippen molar-refractivity contribution in [1.82, 2.24) is 0 Å². The van der Waals surface area contributed by atoms with Gasteiger partial charge in [-0.1, -0.05) is 11.8 Å². The Morgan fingerprint density at radius 3 is 2.80 bits per heavy atom. The quantitative estimate of drug-likeness (QED) is 0.308. The van der Waals surface area contributed by atoms with Gasteiger partial charge in [-0.25, -0.2) is 0 Å². The van der Waals surface area contributed by atoms with E-state index in [1.54, 1.807) is 13.0 Å². The summed E-state index contributed by atoms with van der Waals surface area (Å²) < 4.78 is 0. The van der Waals surface area contributed by atoms with Crippen LogP contribution >= 0.6 is 0 Å². The normalized spacial score (nSPS) is 9.20. The Labute approximate surface area is 86.7 Å². The zero-order valence-electron chi connectivity index (χ0n) is 8.15. The molecule has 0 heterocycles. The first kappa shape index (κ1) is 11.0. The van der Waals surface area contributed by atoms with Crippen LogP contribution in [-0.4, -0.2) is 16.6 Å². The van der Waals surface area contributed by atoms with Gasteiger partial charge >= 0.3 is 0 Å². The summed E-state index contributed by atoms with van der Waals surface area (Å²) in [4.78, 5) is 10.1. The number of benzene rings is 1. The maximum atomic E-state index is 10.6. The zero-order valence-corrected chi connectivity index (χ0v) is 8.15. The van der Waals surface area contributed by atoms with Crippen molar-refractivity contribution in [3.05, 3.63) is 33.4 Å². The molecule has 1 aromatic rings. The number of nitro groups is 1. The molecule has 1 rings (SSSR count). The number of aliphatic hydroxyl groups excluding tert-OH is 1. The highest BCUT2D eigenvalue weighted by Gasteiger charge is 2.14. The first-order valence-corrected chi connectivity index (χ1v) is 4.20. The largest absolute Gasteiger partial charge is 0.392 e. The van der Waals surface area contributed by atoms with E-state index in [0.29, 0.717) is 11.1 Å². The Morgan fingerprint density at radius 1 is 1.60 bits per heavy atom. The first-order valence-electron chi connectivity index (χ1n) is 4.20. The van der Waals surface area contributed by atoms with Gasteiger partial charge in [-0.3, -0.25) is 10.1 Å². The maximum absolute atomic E-state index is 10.6. The second-order valence-electron chi connectivity index (χ2n) is 2.96. The Morgan fingerprint density at radius 2 is 2.27 bits per heavy atom. The molecule has 3 N–H and O–H groups in total. The Hall–Kier alpha value is -2.06. The van der Waals surface area contributed by atoms with Gasteiger partial charge in [0.15, 0.2) is 0 Å². The average Bonchev–Trinajstić information content (AvgIpc) is 2.18. The lowest BCUT2D eigenvalue weighted by Crippen LogP contribution is -1.99. The van der Waals surface area contributed by atoms with E-state index in [9.17, 15) is 10.1 Å². The molecular weight excluding hydrogens is 196 g/mol. The molecule has 0 bridgehead atoms. The minimum Gasteiger partial charge on any atom is -0.392 e. The fraction of sp³-hybridized carbons (Fsp3) is 0.200. The van der Waals surface area contributed by atoms with Crippen LogP contribution < -0.4 is 5.73 Å². The number of hydrogen-bond donors (Lipinski definition) is 2. The molecular formula is C10H10N2O3. The predicted molar refractivity (Wildman–Crippen MR) is 56.2 cm³/mol. The van der Waals surface area contributed by atoms with Crippen LogP contribution in [0.15, 0.2) is 12.1 Å². The smallest absolute Gasteiger partial charge is 0.293 e. The topological polar surface area (TPSA) is 89.4 Å². The summed E-state index contributed by atoms with van der Waals surface area (Å²) >= 11 is 0. The molecule has 0 spiro atoms. The molecule has 15 heavy (non-hydrogen) atoms. The van der Waals surface area contributed by atoms with Gasteiger partial charge in [-0.2, -0.15) is 0 Å². The molecule has 0 radical (unpaired) electrons. The summed E-state index contributed by atoms with van der Waals surface area (Å²) in [6.07, 6.45) is 0. The molecule has 1 aromatic carbocycles. The van der Waals surface area contributed by atoms with Crippen LogP contribution in [0.2, 0.25) is 0 Å².